The summed E-state index contributed by atoms with van der Waals surface area (Å²) < 4.78 is 20.0. The molecule has 0 amide bonds. The second kappa shape index (κ2) is 14.2. The van der Waals surface area contributed by atoms with Crippen molar-refractivity contribution in [2.45, 2.75) is 45.6 Å². The Morgan fingerprint density at radius 1 is 1.25 bits per heavy atom. The molecule has 1 aromatic rings. The Labute approximate surface area is 210 Å². The number of nitrogens with zero attached hydrogens (tertiary/aromatic N) is 3. The van der Waals surface area contributed by atoms with Crippen LogP contribution in [0.15, 0.2) is 23.2 Å². The average Bonchev–Trinajstić information content (AvgIpc) is 3.59. The zero-order chi connectivity index (χ0) is 22.1. The van der Waals surface area contributed by atoms with Crippen molar-refractivity contribution in [1.29, 1.82) is 0 Å². The van der Waals surface area contributed by atoms with E-state index in [-0.39, 0.29) is 35.8 Å². The van der Waals surface area contributed by atoms with Gasteiger partial charge in [-0.1, -0.05) is 6.07 Å². The van der Waals surface area contributed by atoms with Crippen molar-refractivity contribution in [1.82, 2.24) is 20.4 Å². The number of aliphatic imine (C=N–C) groups is 1. The third kappa shape index (κ3) is 9.39. The molecule has 32 heavy (non-hydrogen) atoms. The summed E-state index contributed by atoms with van der Waals surface area (Å²) in [6.45, 7) is 12.0. The van der Waals surface area contributed by atoms with Crippen molar-refractivity contribution < 1.29 is 9.13 Å². The molecule has 0 aromatic heterocycles. The fraction of sp³-hybridized carbons (Fsp3) is 0.708. The molecule has 182 valence electrons. The zero-order valence-corrected chi connectivity index (χ0v) is 22.2. The number of halogens is 2. The van der Waals surface area contributed by atoms with Crippen molar-refractivity contribution in [3.8, 4) is 5.75 Å². The Morgan fingerprint density at radius 3 is 2.78 bits per heavy atom. The van der Waals surface area contributed by atoms with Crippen LogP contribution in [0, 0.1) is 11.7 Å². The highest BCUT2D eigenvalue weighted by molar-refractivity contribution is 14.0. The summed E-state index contributed by atoms with van der Waals surface area (Å²) in [6.07, 6.45) is 4.67. The number of ether oxygens (including phenoxy) is 1. The zero-order valence-electron chi connectivity index (χ0n) is 19.9. The molecule has 1 saturated heterocycles. The van der Waals surface area contributed by atoms with Gasteiger partial charge in [0.2, 0.25) is 0 Å². The molecule has 1 aromatic carbocycles. The van der Waals surface area contributed by atoms with Gasteiger partial charge in [-0.3, -0.25) is 4.99 Å². The molecule has 0 bridgehead atoms. The summed E-state index contributed by atoms with van der Waals surface area (Å²) in [4.78, 5) is 9.68. The number of likely N-dealkylation sites (N-methyl/N-ethyl adjacent to an activating group) is 1. The van der Waals surface area contributed by atoms with Crippen molar-refractivity contribution >= 4 is 29.9 Å². The summed E-state index contributed by atoms with van der Waals surface area (Å²) in [7, 11) is 2.20. The quantitative estimate of drug-likeness (QED) is 0.197. The number of nitrogens with one attached hydrogen (secondary N) is 2. The number of benzene rings is 1. The standard InChI is InChI=1S/C24H40FN5O.HI/c1-4-26-24(27-11-5-13-30-14-6-12-29(3)15-16-30)28-19(2)21-9-10-23(22(25)17-21)31-18-20-7-8-20;/h9-10,17,19-20H,4-8,11-16,18H2,1-3H3,(H2,26,27,28);1H. The molecular formula is C24H41FIN5O. The van der Waals surface area contributed by atoms with Crippen LogP contribution in [0.2, 0.25) is 0 Å². The lowest BCUT2D eigenvalue weighted by Gasteiger charge is -2.20. The molecule has 8 heteroatoms. The maximum absolute atomic E-state index is 14.4. The van der Waals surface area contributed by atoms with Gasteiger partial charge in [-0.15, -0.1) is 24.0 Å². The van der Waals surface area contributed by atoms with E-state index in [2.05, 4.69) is 34.4 Å². The van der Waals surface area contributed by atoms with Crippen LogP contribution in [0.4, 0.5) is 4.39 Å². The molecule has 2 aliphatic rings. The summed E-state index contributed by atoms with van der Waals surface area (Å²) in [6, 6.07) is 5.20. The second-order valence-electron chi connectivity index (χ2n) is 8.92. The number of hydrogen-bond acceptors (Lipinski definition) is 4. The molecule has 3 rings (SSSR count). The van der Waals surface area contributed by atoms with Crippen LogP contribution in [0.3, 0.4) is 0 Å². The van der Waals surface area contributed by atoms with Gasteiger partial charge in [0.15, 0.2) is 17.5 Å². The first-order chi connectivity index (χ1) is 15.0. The van der Waals surface area contributed by atoms with E-state index in [9.17, 15) is 4.39 Å². The highest BCUT2D eigenvalue weighted by Crippen LogP contribution is 2.30. The molecule has 1 aliphatic heterocycles. The Hall–Kier alpha value is -1.13. The van der Waals surface area contributed by atoms with Gasteiger partial charge in [-0.25, -0.2) is 4.39 Å². The van der Waals surface area contributed by atoms with Gasteiger partial charge in [0.25, 0.3) is 0 Å². The van der Waals surface area contributed by atoms with Crippen LogP contribution in [0.25, 0.3) is 0 Å². The van der Waals surface area contributed by atoms with E-state index in [1.807, 2.05) is 13.0 Å². The molecule has 1 atom stereocenters. The first-order valence-corrected chi connectivity index (χ1v) is 11.9. The van der Waals surface area contributed by atoms with E-state index in [0.717, 1.165) is 50.7 Å². The fourth-order valence-electron chi connectivity index (χ4n) is 3.81. The highest BCUT2D eigenvalue weighted by atomic mass is 127. The van der Waals surface area contributed by atoms with Crippen LogP contribution < -0.4 is 15.4 Å². The summed E-state index contributed by atoms with van der Waals surface area (Å²) in [5.41, 5.74) is 0.885. The van der Waals surface area contributed by atoms with E-state index < -0.39 is 0 Å². The number of guanidine groups is 1. The van der Waals surface area contributed by atoms with Gasteiger partial charge < -0.3 is 25.2 Å². The maximum Gasteiger partial charge on any atom is 0.191 e. The minimum Gasteiger partial charge on any atom is -0.490 e. The van der Waals surface area contributed by atoms with Crippen LogP contribution in [-0.2, 0) is 0 Å². The molecule has 0 radical (unpaired) electrons. The molecular weight excluding hydrogens is 520 g/mol. The van der Waals surface area contributed by atoms with E-state index in [1.165, 1.54) is 32.4 Å². The first kappa shape index (κ1) is 27.1. The topological polar surface area (TPSA) is 52.1 Å². The molecule has 1 saturated carbocycles. The normalized spacial score (nSPS) is 19.1. The lowest BCUT2D eigenvalue weighted by molar-refractivity contribution is 0.275. The predicted molar refractivity (Wildman–Crippen MR) is 141 cm³/mol. The summed E-state index contributed by atoms with van der Waals surface area (Å²) in [5, 5.41) is 6.71. The van der Waals surface area contributed by atoms with Crippen molar-refractivity contribution in [2.24, 2.45) is 10.9 Å². The Kier molecular flexibility index (Phi) is 12.0. The van der Waals surface area contributed by atoms with Crippen LogP contribution in [-0.4, -0.2) is 75.2 Å². The SMILES string of the molecule is CCNC(=NCCCN1CCCN(C)CC1)NC(C)c1ccc(OCC2CC2)c(F)c1.I. The molecule has 6 nitrogen and oxygen atoms in total. The van der Waals surface area contributed by atoms with Crippen LogP contribution in [0.1, 0.15) is 51.1 Å². The van der Waals surface area contributed by atoms with Crippen molar-refractivity contribution in [3.05, 3.63) is 29.6 Å². The number of rotatable bonds is 10. The lowest BCUT2D eigenvalue weighted by Crippen LogP contribution is -2.39. The third-order valence-corrected chi connectivity index (χ3v) is 6.04. The molecule has 2 N–H and O–H groups in total. The largest absolute Gasteiger partial charge is 0.490 e. The van der Waals surface area contributed by atoms with E-state index in [1.54, 1.807) is 12.1 Å². The lowest BCUT2D eigenvalue weighted by atomic mass is 10.1. The summed E-state index contributed by atoms with van der Waals surface area (Å²) in [5.74, 6) is 1.44. The Balaban J connectivity index is 0.00000363. The minimum atomic E-state index is -0.295. The smallest absolute Gasteiger partial charge is 0.191 e. The Bertz CT molecular complexity index is 716. The van der Waals surface area contributed by atoms with Gasteiger partial charge in [-0.05, 0) is 89.8 Å². The molecule has 1 heterocycles. The second-order valence-corrected chi connectivity index (χ2v) is 8.92. The van der Waals surface area contributed by atoms with Gasteiger partial charge in [0, 0.05) is 26.2 Å². The Morgan fingerprint density at radius 2 is 2.06 bits per heavy atom. The predicted octanol–water partition coefficient (Wildman–Crippen LogP) is 3.88. The van der Waals surface area contributed by atoms with Gasteiger partial charge in [0.05, 0.1) is 12.6 Å². The molecule has 2 fully saturated rings. The first-order valence-electron chi connectivity index (χ1n) is 11.9. The average molecular weight is 562 g/mol. The van der Waals surface area contributed by atoms with Crippen molar-refractivity contribution in [2.75, 3.05) is 59.5 Å². The number of hydrogen-bond donors (Lipinski definition) is 2. The van der Waals surface area contributed by atoms with Gasteiger partial charge in [-0.2, -0.15) is 0 Å². The molecule has 1 aliphatic carbocycles. The molecule has 1 unspecified atom stereocenters. The van der Waals surface area contributed by atoms with E-state index >= 15 is 0 Å². The van der Waals surface area contributed by atoms with Crippen molar-refractivity contribution in [3.63, 3.8) is 0 Å². The van der Waals surface area contributed by atoms with E-state index in [0.29, 0.717) is 18.3 Å². The fourth-order valence-corrected chi connectivity index (χ4v) is 3.81. The van der Waals surface area contributed by atoms with Crippen LogP contribution in [0.5, 0.6) is 5.75 Å². The minimum absolute atomic E-state index is 0. The highest BCUT2D eigenvalue weighted by Gasteiger charge is 2.22. The third-order valence-electron chi connectivity index (χ3n) is 6.04. The van der Waals surface area contributed by atoms with Gasteiger partial charge in [0.1, 0.15) is 0 Å². The van der Waals surface area contributed by atoms with Gasteiger partial charge >= 0.3 is 0 Å². The monoisotopic (exact) mass is 561 g/mol. The van der Waals surface area contributed by atoms with E-state index in [4.69, 9.17) is 9.73 Å². The van der Waals surface area contributed by atoms with Crippen LogP contribution >= 0.6 is 24.0 Å². The molecule has 0 spiro atoms. The maximum atomic E-state index is 14.4. The summed E-state index contributed by atoms with van der Waals surface area (Å²) >= 11 is 0.